The first-order valence-corrected chi connectivity index (χ1v) is 10.1. The van der Waals surface area contributed by atoms with E-state index in [1.807, 2.05) is 24.3 Å². The Hall–Kier alpha value is -2.97. The average Bonchev–Trinajstić information content (AvgIpc) is 2.78. The van der Waals surface area contributed by atoms with E-state index in [4.69, 9.17) is 9.47 Å². The molecule has 0 N–H and O–H groups in total. The predicted octanol–water partition coefficient (Wildman–Crippen LogP) is 1.89. The molecule has 0 bridgehead atoms. The van der Waals surface area contributed by atoms with Crippen molar-refractivity contribution < 1.29 is 9.47 Å². The van der Waals surface area contributed by atoms with E-state index in [0.29, 0.717) is 17.6 Å². The summed E-state index contributed by atoms with van der Waals surface area (Å²) in [5, 5.41) is 8.89. The molecule has 158 valence electrons. The summed E-state index contributed by atoms with van der Waals surface area (Å²) in [7, 11) is 3.31. The number of hydrogen-bond acceptors (Lipinski definition) is 7. The van der Waals surface area contributed by atoms with E-state index in [1.165, 1.54) is 15.8 Å². The van der Waals surface area contributed by atoms with Gasteiger partial charge in [-0.1, -0.05) is 17.3 Å². The van der Waals surface area contributed by atoms with Crippen LogP contribution in [0.25, 0.3) is 10.9 Å². The lowest BCUT2D eigenvalue weighted by Gasteiger charge is -2.34. The first-order valence-electron chi connectivity index (χ1n) is 10.1. The summed E-state index contributed by atoms with van der Waals surface area (Å²) < 4.78 is 12.3. The molecule has 1 aliphatic heterocycles. The standard InChI is InChI=1S/C22H27N5O3/c1-16-12-20(29-2)21(30-3)13-17(16)14-25-8-10-26(11-9-25)15-27-22(28)18-6-4-5-7-19(18)23-24-27/h4-7,12-13H,8-11,14-15H2,1-3H3. The highest BCUT2D eigenvalue weighted by Gasteiger charge is 2.20. The van der Waals surface area contributed by atoms with Gasteiger partial charge in [0.25, 0.3) is 5.56 Å². The molecule has 1 aromatic heterocycles. The van der Waals surface area contributed by atoms with Crippen LogP contribution in [-0.4, -0.2) is 65.2 Å². The third-order valence-electron chi connectivity index (χ3n) is 5.66. The highest BCUT2D eigenvalue weighted by Crippen LogP contribution is 2.31. The molecular weight excluding hydrogens is 382 g/mol. The van der Waals surface area contributed by atoms with E-state index in [-0.39, 0.29) is 5.56 Å². The Kier molecular flexibility index (Phi) is 5.96. The summed E-state index contributed by atoms with van der Waals surface area (Å²) in [5.74, 6) is 1.51. The van der Waals surface area contributed by atoms with Crippen molar-refractivity contribution in [2.45, 2.75) is 20.1 Å². The maximum Gasteiger partial charge on any atom is 0.278 e. The molecule has 1 saturated heterocycles. The second kappa shape index (κ2) is 8.81. The van der Waals surface area contributed by atoms with Crippen LogP contribution in [-0.2, 0) is 13.2 Å². The Bertz CT molecular complexity index is 1090. The zero-order valence-electron chi connectivity index (χ0n) is 17.7. The Labute approximate surface area is 175 Å². The highest BCUT2D eigenvalue weighted by molar-refractivity contribution is 5.76. The van der Waals surface area contributed by atoms with E-state index >= 15 is 0 Å². The van der Waals surface area contributed by atoms with Gasteiger partial charge in [0, 0.05) is 32.7 Å². The van der Waals surface area contributed by atoms with Crippen LogP contribution in [0.3, 0.4) is 0 Å². The molecule has 0 saturated carbocycles. The van der Waals surface area contributed by atoms with Crippen molar-refractivity contribution in [1.82, 2.24) is 24.8 Å². The van der Waals surface area contributed by atoms with Gasteiger partial charge in [0.05, 0.1) is 26.3 Å². The maximum atomic E-state index is 12.7. The summed E-state index contributed by atoms with van der Waals surface area (Å²) in [6.45, 7) is 6.99. The largest absolute Gasteiger partial charge is 0.493 e. The molecule has 30 heavy (non-hydrogen) atoms. The number of rotatable bonds is 6. The minimum Gasteiger partial charge on any atom is -0.493 e. The zero-order valence-corrected chi connectivity index (χ0v) is 17.7. The van der Waals surface area contributed by atoms with Crippen LogP contribution in [0.15, 0.2) is 41.2 Å². The van der Waals surface area contributed by atoms with Crippen LogP contribution < -0.4 is 15.0 Å². The quantitative estimate of drug-likeness (QED) is 0.616. The fourth-order valence-corrected chi connectivity index (χ4v) is 3.83. The molecule has 4 rings (SSSR count). The number of aromatic nitrogens is 3. The van der Waals surface area contributed by atoms with Crippen LogP contribution in [0.1, 0.15) is 11.1 Å². The summed E-state index contributed by atoms with van der Waals surface area (Å²) in [6.07, 6.45) is 0. The molecular formula is C22H27N5O3. The number of benzene rings is 2. The average molecular weight is 409 g/mol. The van der Waals surface area contributed by atoms with Crippen molar-refractivity contribution in [2.24, 2.45) is 0 Å². The molecule has 0 radical (unpaired) electrons. The summed E-state index contributed by atoms with van der Waals surface area (Å²) in [4.78, 5) is 17.3. The number of fused-ring (bicyclic) bond motifs is 1. The molecule has 8 nitrogen and oxygen atoms in total. The molecule has 3 aromatic rings. The van der Waals surface area contributed by atoms with Crippen LogP contribution in [0.5, 0.6) is 11.5 Å². The second-order valence-corrected chi connectivity index (χ2v) is 7.58. The van der Waals surface area contributed by atoms with Crippen molar-refractivity contribution >= 4 is 10.9 Å². The molecule has 0 amide bonds. The smallest absolute Gasteiger partial charge is 0.278 e. The topological polar surface area (TPSA) is 72.7 Å². The number of hydrogen-bond donors (Lipinski definition) is 0. The van der Waals surface area contributed by atoms with Gasteiger partial charge >= 0.3 is 0 Å². The fraction of sp³-hybridized carbons (Fsp3) is 0.409. The Morgan fingerprint density at radius 2 is 1.63 bits per heavy atom. The van der Waals surface area contributed by atoms with E-state index in [9.17, 15) is 4.79 Å². The highest BCUT2D eigenvalue weighted by atomic mass is 16.5. The fourth-order valence-electron chi connectivity index (χ4n) is 3.83. The van der Waals surface area contributed by atoms with Gasteiger partial charge in [0.2, 0.25) is 0 Å². The maximum absolute atomic E-state index is 12.7. The minimum absolute atomic E-state index is 0.0935. The molecule has 1 fully saturated rings. The molecule has 8 heteroatoms. The number of nitrogens with zero attached hydrogens (tertiary/aromatic N) is 5. The van der Waals surface area contributed by atoms with E-state index in [2.05, 4.69) is 33.1 Å². The van der Waals surface area contributed by atoms with Gasteiger partial charge in [-0.15, -0.1) is 5.10 Å². The van der Waals surface area contributed by atoms with Crippen molar-refractivity contribution in [3.05, 3.63) is 57.9 Å². The molecule has 0 atom stereocenters. The van der Waals surface area contributed by atoms with Crippen LogP contribution in [0, 0.1) is 6.92 Å². The third kappa shape index (κ3) is 4.15. The van der Waals surface area contributed by atoms with Gasteiger partial charge < -0.3 is 9.47 Å². The van der Waals surface area contributed by atoms with E-state index in [0.717, 1.165) is 44.2 Å². The first-order chi connectivity index (χ1) is 14.6. The molecule has 0 unspecified atom stereocenters. The van der Waals surface area contributed by atoms with E-state index < -0.39 is 0 Å². The minimum atomic E-state index is -0.0935. The summed E-state index contributed by atoms with van der Waals surface area (Å²) >= 11 is 0. The Morgan fingerprint density at radius 1 is 0.967 bits per heavy atom. The van der Waals surface area contributed by atoms with Gasteiger partial charge in [-0.05, 0) is 42.3 Å². The number of ether oxygens (including phenoxy) is 2. The van der Waals surface area contributed by atoms with Crippen LogP contribution >= 0.6 is 0 Å². The lowest BCUT2D eigenvalue weighted by Crippen LogP contribution is -2.47. The van der Waals surface area contributed by atoms with Crippen LogP contribution in [0.2, 0.25) is 0 Å². The normalized spacial score (nSPS) is 15.4. The second-order valence-electron chi connectivity index (χ2n) is 7.58. The summed E-state index contributed by atoms with van der Waals surface area (Å²) in [6, 6.07) is 11.4. The van der Waals surface area contributed by atoms with Gasteiger partial charge in [-0.2, -0.15) is 4.68 Å². The molecule has 0 aliphatic carbocycles. The molecule has 1 aliphatic rings. The van der Waals surface area contributed by atoms with Crippen molar-refractivity contribution in [3.63, 3.8) is 0 Å². The Morgan fingerprint density at radius 3 is 2.37 bits per heavy atom. The van der Waals surface area contributed by atoms with Gasteiger partial charge in [-0.3, -0.25) is 14.6 Å². The lowest BCUT2D eigenvalue weighted by atomic mass is 10.1. The number of aryl methyl sites for hydroxylation is 1. The zero-order chi connectivity index (χ0) is 21.1. The van der Waals surface area contributed by atoms with Crippen molar-refractivity contribution in [1.29, 1.82) is 0 Å². The third-order valence-corrected chi connectivity index (χ3v) is 5.66. The predicted molar refractivity (Wildman–Crippen MR) is 115 cm³/mol. The molecule has 2 heterocycles. The Balaban J connectivity index is 1.39. The van der Waals surface area contributed by atoms with Crippen molar-refractivity contribution in [3.8, 4) is 11.5 Å². The number of methoxy groups -OCH3 is 2. The van der Waals surface area contributed by atoms with Crippen molar-refractivity contribution in [2.75, 3.05) is 40.4 Å². The van der Waals surface area contributed by atoms with Gasteiger partial charge in [-0.25, -0.2) is 0 Å². The SMILES string of the molecule is COc1cc(C)c(CN2CCN(Cn3nnc4ccccc4c3=O)CC2)cc1OC. The van der Waals surface area contributed by atoms with E-state index in [1.54, 1.807) is 20.3 Å². The molecule has 2 aromatic carbocycles. The van der Waals surface area contributed by atoms with Gasteiger partial charge in [0.1, 0.15) is 5.52 Å². The number of piperazine rings is 1. The first kappa shape index (κ1) is 20.3. The van der Waals surface area contributed by atoms with Gasteiger partial charge in [0.15, 0.2) is 11.5 Å². The van der Waals surface area contributed by atoms with Crippen LogP contribution in [0.4, 0.5) is 0 Å². The molecule has 0 spiro atoms. The lowest BCUT2D eigenvalue weighted by molar-refractivity contribution is 0.0959. The monoisotopic (exact) mass is 409 g/mol. The summed E-state index contributed by atoms with van der Waals surface area (Å²) in [5.41, 5.74) is 2.96.